The standard InChI is InChI=1S/C24H22Cl2N4O3/c25-19-4-2-1-3-18(19)24(33)29-21-13-16(6-7-20(21)26)28-23(32)15-5-8-22(27-14-15)30-11-9-17(31)10-12-30/h1-8,13-14,17,31H,9-12H2,(H,28,32)(H,29,33). The van der Waals surface area contributed by atoms with E-state index in [9.17, 15) is 14.7 Å². The number of aliphatic hydroxyl groups is 1. The first kappa shape index (κ1) is 23.0. The Morgan fingerprint density at radius 3 is 2.39 bits per heavy atom. The van der Waals surface area contributed by atoms with Crippen LogP contribution in [0.25, 0.3) is 0 Å². The van der Waals surface area contributed by atoms with E-state index in [0.29, 0.717) is 45.4 Å². The van der Waals surface area contributed by atoms with Crippen LogP contribution >= 0.6 is 23.2 Å². The average Bonchev–Trinajstić information content (AvgIpc) is 2.82. The molecule has 1 aromatic heterocycles. The molecular formula is C24H22Cl2N4O3. The minimum atomic E-state index is -0.406. The molecule has 0 saturated carbocycles. The van der Waals surface area contributed by atoms with E-state index in [2.05, 4.69) is 20.5 Å². The van der Waals surface area contributed by atoms with Crippen molar-refractivity contribution >= 4 is 52.2 Å². The smallest absolute Gasteiger partial charge is 0.257 e. The summed E-state index contributed by atoms with van der Waals surface area (Å²) in [5, 5.41) is 15.8. The van der Waals surface area contributed by atoms with E-state index in [1.165, 1.54) is 6.20 Å². The Kier molecular flexibility index (Phi) is 7.13. The highest BCUT2D eigenvalue weighted by Gasteiger charge is 2.19. The van der Waals surface area contributed by atoms with Crippen LogP contribution in [0.3, 0.4) is 0 Å². The van der Waals surface area contributed by atoms with Gasteiger partial charge < -0.3 is 20.6 Å². The third-order valence-electron chi connectivity index (χ3n) is 5.39. The highest BCUT2D eigenvalue weighted by atomic mass is 35.5. The zero-order valence-corrected chi connectivity index (χ0v) is 19.1. The van der Waals surface area contributed by atoms with Crippen LogP contribution in [-0.4, -0.2) is 41.1 Å². The number of piperidine rings is 1. The van der Waals surface area contributed by atoms with E-state index in [1.54, 1.807) is 54.6 Å². The van der Waals surface area contributed by atoms with Crippen LogP contribution in [0, 0.1) is 0 Å². The maximum absolute atomic E-state index is 12.7. The number of benzene rings is 2. The summed E-state index contributed by atoms with van der Waals surface area (Å²) in [5.74, 6) is 0.0272. The van der Waals surface area contributed by atoms with E-state index in [4.69, 9.17) is 23.2 Å². The number of nitrogens with zero attached hydrogens (tertiary/aromatic N) is 2. The molecule has 0 aliphatic carbocycles. The third-order valence-corrected chi connectivity index (χ3v) is 6.05. The molecule has 1 aliphatic heterocycles. The van der Waals surface area contributed by atoms with Crippen molar-refractivity contribution in [3.05, 3.63) is 82.0 Å². The average molecular weight is 485 g/mol. The molecular weight excluding hydrogens is 463 g/mol. The summed E-state index contributed by atoms with van der Waals surface area (Å²) in [7, 11) is 0. The minimum Gasteiger partial charge on any atom is -0.393 e. The number of nitrogens with one attached hydrogen (secondary N) is 2. The molecule has 0 spiro atoms. The monoisotopic (exact) mass is 484 g/mol. The van der Waals surface area contributed by atoms with Crippen molar-refractivity contribution < 1.29 is 14.7 Å². The van der Waals surface area contributed by atoms with Crippen molar-refractivity contribution in [3.63, 3.8) is 0 Å². The Hall–Kier alpha value is -3.13. The fourth-order valence-electron chi connectivity index (χ4n) is 3.54. The minimum absolute atomic E-state index is 0.259. The van der Waals surface area contributed by atoms with Gasteiger partial charge >= 0.3 is 0 Å². The lowest BCUT2D eigenvalue weighted by Crippen LogP contribution is -2.36. The summed E-state index contributed by atoms with van der Waals surface area (Å²) < 4.78 is 0. The number of anilines is 3. The molecule has 3 N–H and O–H groups in total. The lowest BCUT2D eigenvalue weighted by molar-refractivity contribution is 0.101. The van der Waals surface area contributed by atoms with Crippen molar-refractivity contribution in [2.24, 2.45) is 0 Å². The van der Waals surface area contributed by atoms with Gasteiger partial charge in [0.15, 0.2) is 0 Å². The molecule has 2 amide bonds. The molecule has 2 heterocycles. The molecule has 170 valence electrons. The number of pyridine rings is 1. The maximum Gasteiger partial charge on any atom is 0.257 e. The molecule has 1 aliphatic rings. The van der Waals surface area contributed by atoms with Gasteiger partial charge in [0.05, 0.1) is 33.0 Å². The van der Waals surface area contributed by atoms with Crippen molar-refractivity contribution in [2.45, 2.75) is 18.9 Å². The third kappa shape index (κ3) is 5.63. The van der Waals surface area contributed by atoms with Crippen molar-refractivity contribution in [2.75, 3.05) is 28.6 Å². The van der Waals surface area contributed by atoms with Gasteiger partial charge in [0.1, 0.15) is 5.82 Å². The first-order valence-electron chi connectivity index (χ1n) is 10.5. The molecule has 2 aromatic carbocycles. The van der Waals surface area contributed by atoms with Gasteiger partial charge in [-0.15, -0.1) is 0 Å². The summed E-state index contributed by atoms with van der Waals surface area (Å²) in [5.41, 5.74) is 1.53. The molecule has 1 saturated heterocycles. The van der Waals surface area contributed by atoms with E-state index in [1.807, 2.05) is 0 Å². The number of halogens is 2. The Balaban J connectivity index is 1.43. The van der Waals surface area contributed by atoms with Crippen LogP contribution in [0.1, 0.15) is 33.6 Å². The number of hydrogen-bond donors (Lipinski definition) is 3. The van der Waals surface area contributed by atoms with Crippen molar-refractivity contribution in [1.82, 2.24) is 4.98 Å². The molecule has 0 unspecified atom stereocenters. The zero-order valence-electron chi connectivity index (χ0n) is 17.6. The van der Waals surface area contributed by atoms with E-state index in [-0.39, 0.29) is 12.0 Å². The SMILES string of the molecule is O=C(Nc1ccc(Cl)c(NC(=O)c2ccccc2Cl)c1)c1ccc(N2CCC(O)CC2)nc1. The number of aromatic nitrogens is 1. The van der Waals surface area contributed by atoms with Crippen molar-refractivity contribution in [3.8, 4) is 0 Å². The van der Waals surface area contributed by atoms with E-state index >= 15 is 0 Å². The summed E-state index contributed by atoms with van der Waals surface area (Å²) in [6.45, 7) is 1.46. The molecule has 9 heteroatoms. The van der Waals surface area contributed by atoms with Gasteiger partial charge in [0, 0.05) is 25.0 Å². The Morgan fingerprint density at radius 1 is 0.939 bits per heavy atom. The number of carbonyl (C=O) groups is 2. The predicted octanol–water partition coefficient (Wildman–Crippen LogP) is 4.85. The number of amides is 2. The highest BCUT2D eigenvalue weighted by Crippen LogP contribution is 2.27. The lowest BCUT2D eigenvalue weighted by Gasteiger charge is -2.30. The van der Waals surface area contributed by atoms with Gasteiger partial charge in [-0.25, -0.2) is 4.98 Å². The number of hydrogen-bond acceptors (Lipinski definition) is 5. The molecule has 0 radical (unpaired) electrons. The molecule has 4 rings (SSSR count). The first-order chi connectivity index (χ1) is 15.9. The van der Waals surface area contributed by atoms with Gasteiger partial charge in [-0.05, 0) is 55.3 Å². The van der Waals surface area contributed by atoms with Crippen LogP contribution in [0.15, 0.2) is 60.8 Å². The Bertz CT molecular complexity index is 1160. The topological polar surface area (TPSA) is 94.6 Å². The van der Waals surface area contributed by atoms with Gasteiger partial charge in [-0.3, -0.25) is 9.59 Å². The van der Waals surface area contributed by atoms with E-state index < -0.39 is 5.91 Å². The van der Waals surface area contributed by atoms with Gasteiger partial charge in [-0.2, -0.15) is 0 Å². The molecule has 0 bridgehead atoms. The molecule has 33 heavy (non-hydrogen) atoms. The van der Waals surface area contributed by atoms with Gasteiger partial charge in [0.25, 0.3) is 11.8 Å². The number of carbonyl (C=O) groups excluding carboxylic acids is 2. The zero-order chi connectivity index (χ0) is 23.4. The summed E-state index contributed by atoms with van der Waals surface area (Å²) in [4.78, 5) is 31.7. The van der Waals surface area contributed by atoms with Crippen LogP contribution in [0.5, 0.6) is 0 Å². The lowest BCUT2D eigenvalue weighted by atomic mass is 10.1. The van der Waals surface area contributed by atoms with Crippen LogP contribution in [0.4, 0.5) is 17.2 Å². The second-order valence-electron chi connectivity index (χ2n) is 7.71. The summed E-state index contributed by atoms with van der Waals surface area (Å²) in [6, 6.07) is 15.0. The first-order valence-corrected chi connectivity index (χ1v) is 11.2. The van der Waals surface area contributed by atoms with Crippen LogP contribution in [-0.2, 0) is 0 Å². The van der Waals surface area contributed by atoms with Gasteiger partial charge in [0.2, 0.25) is 0 Å². The second kappa shape index (κ2) is 10.2. The van der Waals surface area contributed by atoms with Crippen molar-refractivity contribution in [1.29, 1.82) is 0 Å². The maximum atomic E-state index is 12.7. The normalized spacial score (nSPS) is 14.1. The molecule has 7 nitrogen and oxygen atoms in total. The Labute approximate surface area is 201 Å². The number of rotatable bonds is 5. The largest absolute Gasteiger partial charge is 0.393 e. The fraction of sp³-hybridized carbons (Fsp3) is 0.208. The summed E-state index contributed by atoms with van der Waals surface area (Å²) in [6.07, 6.45) is 2.67. The highest BCUT2D eigenvalue weighted by molar-refractivity contribution is 6.36. The summed E-state index contributed by atoms with van der Waals surface area (Å²) >= 11 is 12.3. The number of aliphatic hydroxyl groups excluding tert-OH is 1. The van der Waals surface area contributed by atoms with E-state index in [0.717, 1.165) is 18.9 Å². The predicted molar refractivity (Wildman–Crippen MR) is 131 cm³/mol. The fourth-order valence-corrected chi connectivity index (χ4v) is 3.93. The molecule has 0 atom stereocenters. The van der Waals surface area contributed by atoms with Crippen LogP contribution in [0.2, 0.25) is 10.0 Å². The Morgan fingerprint density at radius 2 is 1.70 bits per heavy atom. The van der Waals surface area contributed by atoms with Gasteiger partial charge in [-0.1, -0.05) is 35.3 Å². The molecule has 3 aromatic rings. The quantitative estimate of drug-likeness (QED) is 0.480. The molecule has 1 fully saturated rings. The van der Waals surface area contributed by atoms with Crippen LogP contribution < -0.4 is 15.5 Å². The second-order valence-corrected chi connectivity index (χ2v) is 8.52.